The Kier molecular flexibility index (Phi) is 10.1. The van der Waals surface area contributed by atoms with E-state index in [0.717, 1.165) is 60.2 Å². The Morgan fingerprint density at radius 3 is 2.65 bits per heavy atom. The summed E-state index contributed by atoms with van der Waals surface area (Å²) >= 11 is 1.55. The Hall–Kier alpha value is -4.04. The Labute approximate surface area is 308 Å². The number of carbonyl (C=O) groups excluding carboxylic acids is 3. The standard InChI is InChI=1S/C38H47N5O7S2/c1-22(2)52(47,48)42-37(46)38-19-25(38)11-9-7-5-6-8-10-12-33(44)43-20-26(17-30(43)35(45)41-38)50-32-18-28(36-40-29(21-51-36)24-13-14-24)39-34-23(3)31(49-4)16-15-27(32)34/h9,11,15-16,18,21-22,24-26,30H,5-8,10,12-14,17,19-20H2,1-4H3,(H,41,45)(H,42,46)/b11-9-/t25-,26-,30+,38-/m1/s1. The smallest absolute Gasteiger partial charge is 0.259 e. The Bertz CT molecular complexity index is 2020. The number of sulfonamides is 1. The zero-order chi connectivity index (χ0) is 36.8. The first-order valence-electron chi connectivity index (χ1n) is 18.3. The fourth-order valence-corrected chi connectivity index (χ4v) is 8.82. The molecular formula is C38H47N5O7S2. The molecule has 278 valence electrons. The summed E-state index contributed by atoms with van der Waals surface area (Å²) in [5, 5.41) is 5.75. The number of methoxy groups -OCH3 is 1. The number of ether oxygens (including phenoxy) is 2. The third-order valence-corrected chi connectivity index (χ3v) is 13.4. The van der Waals surface area contributed by atoms with Gasteiger partial charge in [0.05, 0.1) is 30.1 Å². The van der Waals surface area contributed by atoms with Gasteiger partial charge in [-0.3, -0.25) is 19.1 Å². The zero-order valence-corrected chi connectivity index (χ0v) is 31.8. The Morgan fingerprint density at radius 2 is 1.90 bits per heavy atom. The summed E-state index contributed by atoms with van der Waals surface area (Å²) < 4.78 is 40.0. The minimum absolute atomic E-state index is 0.149. The molecule has 0 radical (unpaired) electrons. The van der Waals surface area contributed by atoms with E-state index in [9.17, 15) is 22.8 Å². The number of aromatic nitrogens is 2. The number of hydrogen-bond donors (Lipinski definition) is 2. The van der Waals surface area contributed by atoms with E-state index in [4.69, 9.17) is 19.4 Å². The van der Waals surface area contributed by atoms with Gasteiger partial charge in [-0.1, -0.05) is 25.0 Å². The summed E-state index contributed by atoms with van der Waals surface area (Å²) in [5.41, 5.74) is 1.90. The van der Waals surface area contributed by atoms with Gasteiger partial charge in [0.1, 0.15) is 39.9 Å². The number of thiazole rings is 1. The second-order valence-corrected chi connectivity index (χ2v) is 18.0. The van der Waals surface area contributed by atoms with Gasteiger partial charge in [-0.15, -0.1) is 11.3 Å². The lowest BCUT2D eigenvalue weighted by Gasteiger charge is -2.26. The predicted octanol–water partition coefficient (Wildman–Crippen LogP) is 5.54. The molecule has 3 aromatic rings. The maximum Gasteiger partial charge on any atom is 0.259 e. The third kappa shape index (κ3) is 7.28. The highest BCUT2D eigenvalue weighted by Crippen LogP contribution is 2.46. The lowest BCUT2D eigenvalue weighted by Crippen LogP contribution is -2.56. The molecule has 7 rings (SSSR count). The van der Waals surface area contributed by atoms with Crippen molar-refractivity contribution in [1.29, 1.82) is 0 Å². The van der Waals surface area contributed by atoms with E-state index >= 15 is 0 Å². The largest absolute Gasteiger partial charge is 0.496 e. The molecule has 2 aliphatic heterocycles. The molecule has 3 fully saturated rings. The fourth-order valence-electron chi connectivity index (χ4n) is 7.28. The predicted molar refractivity (Wildman–Crippen MR) is 199 cm³/mol. The molecule has 4 atom stereocenters. The number of aryl methyl sites for hydroxylation is 1. The van der Waals surface area contributed by atoms with Crippen LogP contribution in [-0.2, 0) is 24.4 Å². The molecule has 2 aliphatic carbocycles. The number of rotatable bonds is 8. The molecule has 1 saturated heterocycles. The first-order chi connectivity index (χ1) is 24.9. The van der Waals surface area contributed by atoms with E-state index in [1.54, 1.807) is 23.3 Å². The number of pyridine rings is 1. The second-order valence-electron chi connectivity index (χ2n) is 14.9. The van der Waals surface area contributed by atoms with Crippen molar-refractivity contribution >= 4 is 50.0 Å². The van der Waals surface area contributed by atoms with Crippen molar-refractivity contribution in [2.75, 3.05) is 13.7 Å². The minimum atomic E-state index is -3.94. The molecule has 12 nitrogen and oxygen atoms in total. The summed E-state index contributed by atoms with van der Waals surface area (Å²) in [6, 6.07) is 4.76. The van der Waals surface area contributed by atoms with Gasteiger partial charge in [0, 0.05) is 47.1 Å². The molecule has 0 bridgehead atoms. The highest BCUT2D eigenvalue weighted by atomic mass is 32.2. The highest BCUT2D eigenvalue weighted by Gasteiger charge is 2.61. The molecule has 3 amide bonds. The molecule has 14 heteroatoms. The average Bonchev–Trinajstić information content (AvgIpc) is 3.97. The summed E-state index contributed by atoms with van der Waals surface area (Å²) in [6.45, 7) is 5.11. The van der Waals surface area contributed by atoms with Gasteiger partial charge in [-0.2, -0.15) is 0 Å². The number of nitrogens with one attached hydrogen (secondary N) is 2. The van der Waals surface area contributed by atoms with Crippen LogP contribution in [0.25, 0.3) is 21.6 Å². The van der Waals surface area contributed by atoms with E-state index in [-0.39, 0.29) is 31.2 Å². The van der Waals surface area contributed by atoms with Crippen LogP contribution in [0, 0.1) is 12.8 Å². The molecule has 2 N–H and O–H groups in total. The van der Waals surface area contributed by atoms with E-state index < -0.39 is 44.8 Å². The number of fused-ring (bicyclic) bond motifs is 3. The number of benzene rings is 1. The van der Waals surface area contributed by atoms with E-state index in [1.807, 2.05) is 37.3 Å². The van der Waals surface area contributed by atoms with Crippen molar-refractivity contribution in [3.63, 3.8) is 0 Å². The fraction of sp³-hybridized carbons (Fsp3) is 0.553. The summed E-state index contributed by atoms with van der Waals surface area (Å²) in [5.74, 6) is -0.00978. The van der Waals surface area contributed by atoms with Gasteiger partial charge in [-0.05, 0) is 71.4 Å². The maximum absolute atomic E-state index is 14.2. The van der Waals surface area contributed by atoms with Crippen molar-refractivity contribution in [3.05, 3.63) is 47.0 Å². The average molecular weight is 750 g/mol. The lowest BCUT2D eigenvalue weighted by molar-refractivity contribution is -0.139. The van der Waals surface area contributed by atoms with Crippen molar-refractivity contribution in [2.24, 2.45) is 5.92 Å². The van der Waals surface area contributed by atoms with E-state index in [2.05, 4.69) is 15.4 Å². The number of hydrogen-bond acceptors (Lipinski definition) is 10. The molecule has 4 aliphatic rings. The number of allylic oxidation sites excluding steroid dienone is 1. The van der Waals surface area contributed by atoms with Crippen LogP contribution in [0.4, 0.5) is 0 Å². The zero-order valence-electron chi connectivity index (χ0n) is 30.1. The molecule has 2 saturated carbocycles. The number of carbonyl (C=O) groups is 3. The molecular weight excluding hydrogens is 703 g/mol. The minimum Gasteiger partial charge on any atom is -0.496 e. The molecule has 0 spiro atoms. The van der Waals surface area contributed by atoms with Crippen molar-refractivity contribution in [3.8, 4) is 22.2 Å². The lowest BCUT2D eigenvalue weighted by atomic mass is 10.1. The van der Waals surface area contributed by atoms with Gasteiger partial charge in [0.15, 0.2) is 0 Å². The quantitative estimate of drug-likeness (QED) is 0.282. The van der Waals surface area contributed by atoms with Crippen LogP contribution in [-0.4, -0.2) is 77.6 Å². The molecule has 0 unspecified atom stereocenters. The molecule has 2 aromatic heterocycles. The van der Waals surface area contributed by atoms with Crippen molar-refractivity contribution in [2.45, 2.75) is 114 Å². The van der Waals surface area contributed by atoms with Gasteiger partial charge in [-0.25, -0.2) is 18.4 Å². The van der Waals surface area contributed by atoms with E-state index in [1.165, 1.54) is 13.8 Å². The van der Waals surface area contributed by atoms with Crippen LogP contribution in [0.5, 0.6) is 11.5 Å². The number of nitrogens with zero attached hydrogens (tertiary/aromatic N) is 3. The van der Waals surface area contributed by atoms with Crippen molar-refractivity contribution in [1.82, 2.24) is 24.9 Å². The summed E-state index contributed by atoms with van der Waals surface area (Å²) in [7, 11) is -2.31. The van der Waals surface area contributed by atoms with Crippen LogP contribution in [0.3, 0.4) is 0 Å². The summed E-state index contributed by atoms with van der Waals surface area (Å²) in [4.78, 5) is 53.1. The van der Waals surface area contributed by atoms with E-state index in [0.29, 0.717) is 41.5 Å². The maximum atomic E-state index is 14.2. The van der Waals surface area contributed by atoms with Crippen LogP contribution < -0.4 is 19.5 Å². The molecule has 4 heterocycles. The monoisotopic (exact) mass is 749 g/mol. The van der Waals surface area contributed by atoms with Crippen LogP contribution in [0.15, 0.2) is 35.7 Å². The van der Waals surface area contributed by atoms with Crippen LogP contribution in [0.2, 0.25) is 0 Å². The molecule has 1 aromatic carbocycles. The molecule has 52 heavy (non-hydrogen) atoms. The Balaban J connectivity index is 1.20. The highest BCUT2D eigenvalue weighted by molar-refractivity contribution is 7.90. The van der Waals surface area contributed by atoms with Gasteiger partial charge in [0.2, 0.25) is 21.8 Å². The van der Waals surface area contributed by atoms with Gasteiger partial charge in [0.25, 0.3) is 5.91 Å². The third-order valence-electron chi connectivity index (χ3n) is 10.8. The van der Waals surface area contributed by atoms with Gasteiger partial charge < -0.3 is 19.7 Å². The van der Waals surface area contributed by atoms with Crippen molar-refractivity contribution < 1.29 is 32.3 Å². The van der Waals surface area contributed by atoms with Crippen LogP contribution >= 0.6 is 11.3 Å². The SMILES string of the molecule is COc1ccc2c(O[C@@H]3C[C@H]4C(=O)N[C@]5(C(=O)NS(=O)(=O)C(C)C)C[C@H]5/C=C\CCCCCCC(=O)N4C3)cc(-c3nc(C4CC4)cs3)nc2c1C. The Morgan fingerprint density at radius 1 is 1.12 bits per heavy atom. The first-order valence-corrected chi connectivity index (χ1v) is 20.8. The summed E-state index contributed by atoms with van der Waals surface area (Å²) in [6.07, 6.45) is 10.7. The van der Waals surface area contributed by atoms with Crippen LogP contribution in [0.1, 0.15) is 95.2 Å². The normalized spacial score (nSPS) is 26.2. The topological polar surface area (TPSA) is 157 Å². The van der Waals surface area contributed by atoms with Gasteiger partial charge >= 0.3 is 0 Å². The number of amides is 3. The first kappa shape index (κ1) is 36.3. The second kappa shape index (κ2) is 14.4.